The molecule has 0 fully saturated rings. The first-order valence-corrected chi connectivity index (χ1v) is 21.9. The number of carbonyl (C=O) groups excluding carboxylic acids is 3. The van der Waals surface area contributed by atoms with E-state index < -0.39 is 5.31 Å². The van der Waals surface area contributed by atoms with Gasteiger partial charge in [0, 0.05) is 6.04 Å². The molecule has 4 aromatic carbocycles. The summed E-state index contributed by atoms with van der Waals surface area (Å²) in [7, 11) is 0. The van der Waals surface area contributed by atoms with Gasteiger partial charge in [0.25, 0.3) is 11.8 Å². The molecular formula is C41H48BrN2O3P. The quantitative estimate of drug-likeness (QED) is 0.0670. The van der Waals surface area contributed by atoms with Gasteiger partial charge in [-0.25, -0.2) is 0 Å². The Morgan fingerprint density at radius 1 is 0.667 bits per heavy atom. The second-order valence-electron chi connectivity index (χ2n) is 13.0. The van der Waals surface area contributed by atoms with Gasteiger partial charge >= 0.3 is 208 Å². The maximum absolute atomic E-state index is 13.0. The Morgan fingerprint density at radius 2 is 1.15 bits per heavy atom. The number of benzene rings is 4. The minimum absolute atomic E-state index is 0.114. The van der Waals surface area contributed by atoms with Crippen LogP contribution in [0.15, 0.2) is 109 Å². The van der Waals surface area contributed by atoms with Crippen molar-refractivity contribution in [1.82, 2.24) is 4.90 Å². The Kier molecular flexibility index (Phi) is 12.0. The van der Waals surface area contributed by atoms with Gasteiger partial charge in [-0.15, -0.1) is 0 Å². The van der Waals surface area contributed by atoms with Gasteiger partial charge in [0.05, 0.1) is 16.8 Å². The fourth-order valence-corrected chi connectivity index (χ4v) is 14.8. The number of hydrogen-bond donors (Lipinski definition) is 1. The standard InChI is InChI=1S/C41H48BrN2O3P/c1-3-32(2)44-40(46)36-28-21-29-37(39(36)41(44)47)43-38(45)30-19-8-6-4-5-7-9-20-31-48(42,33-22-13-10-14-23-33,34-24-15-11-16-25-34)35-26-17-12-18-27-35/h10-18,21-29,32H,3-9,19-20,30-31H2,1-2H3,(H,43,45). The summed E-state index contributed by atoms with van der Waals surface area (Å²) in [6, 6.07) is 37.9. The normalized spacial score (nSPS) is 14.3. The molecule has 0 saturated heterocycles. The summed E-state index contributed by atoms with van der Waals surface area (Å²) < 4.78 is 0. The van der Waals surface area contributed by atoms with E-state index in [0.29, 0.717) is 29.7 Å². The number of fused-ring (bicyclic) bond motifs is 1. The molecule has 1 aliphatic rings. The summed E-state index contributed by atoms with van der Waals surface area (Å²) >= 11 is 4.56. The van der Waals surface area contributed by atoms with Crippen LogP contribution >= 0.6 is 20.8 Å². The summed E-state index contributed by atoms with van der Waals surface area (Å²) in [6.07, 6.45) is 10.9. The van der Waals surface area contributed by atoms with Crippen molar-refractivity contribution in [1.29, 1.82) is 0 Å². The van der Waals surface area contributed by atoms with E-state index in [2.05, 4.69) is 112 Å². The molecule has 5 rings (SSSR count). The number of hydrogen-bond acceptors (Lipinski definition) is 3. The van der Waals surface area contributed by atoms with Crippen molar-refractivity contribution in [3.8, 4) is 0 Å². The second-order valence-corrected chi connectivity index (χ2v) is 22.1. The number of carbonyl (C=O) groups is 3. The first-order valence-electron chi connectivity index (χ1n) is 17.5. The number of nitrogens with zero attached hydrogens (tertiary/aromatic N) is 1. The first kappa shape index (κ1) is 35.7. The topological polar surface area (TPSA) is 66.5 Å². The number of anilines is 1. The van der Waals surface area contributed by atoms with Crippen LogP contribution in [0.3, 0.4) is 0 Å². The van der Waals surface area contributed by atoms with E-state index in [1.165, 1.54) is 40.1 Å². The van der Waals surface area contributed by atoms with E-state index >= 15 is 0 Å². The molecule has 1 aliphatic heterocycles. The number of imide groups is 1. The van der Waals surface area contributed by atoms with Crippen LogP contribution in [0.2, 0.25) is 0 Å². The molecule has 0 aliphatic carbocycles. The number of nitrogens with one attached hydrogen (secondary N) is 1. The minimum atomic E-state index is -2.85. The van der Waals surface area contributed by atoms with Gasteiger partial charge in [-0.05, 0) is 25.5 Å². The molecule has 0 bridgehead atoms. The maximum Gasteiger partial charge on any atom is 0.263 e. The Morgan fingerprint density at radius 3 is 1.65 bits per heavy atom. The Bertz CT molecular complexity index is 1600. The van der Waals surface area contributed by atoms with Gasteiger partial charge in [-0.2, -0.15) is 0 Å². The molecule has 48 heavy (non-hydrogen) atoms. The molecule has 1 atom stereocenters. The largest absolute Gasteiger partial charge is 0.268 e. The van der Waals surface area contributed by atoms with Crippen LogP contribution in [0.25, 0.3) is 0 Å². The van der Waals surface area contributed by atoms with Crippen LogP contribution < -0.4 is 21.2 Å². The second kappa shape index (κ2) is 16.2. The summed E-state index contributed by atoms with van der Waals surface area (Å²) in [5.74, 6) is -0.714. The molecule has 1 N–H and O–H groups in total. The van der Waals surface area contributed by atoms with Crippen molar-refractivity contribution in [2.24, 2.45) is 0 Å². The van der Waals surface area contributed by atoms with E-state index in [0.717, 1.165) is 38.3 Å². The van der Waals surface area contributed by atoms with E-state index in [1.54, 1.807) is 18.2 Å². The molecule has 1 heterocycles. The number of rotatable bonds is 17. The zero-order chi connectivity index (χ0) is 34.0. The summed E-state index contributed by atoms with van der Waals surface area (Å²) in [6.45, 7) is 3.82. The van der Waals surface area contributed by atoms with Crippen LogP contribution in [0.1, 0.15) is 98.8 Å². The van der Waals surface area contributed by atoms with Gasteiger partial charge < -0.3 is 0 Å². The monoisotopic (exact) mass is 726 g/mol. The molecule has 4 aromatic rings. The summed E-state index contributed by atoms with van der Waals surface area (Å²) in [5, 5.41) is 4.17. The Hall–Kier alpha value is -3.60. The smallest absolute Gasteiger partial charge is 0.263 e. The zero-order valence-electron chi connectivity index (χ0n) is 28.2. The molecule has 3 amide bonds. The van der Waals surface area contributed by atoms with Gasteiger partial charge in [0.15, 0.2) is 0 Å². The van der Waals surface area contributed by atoms with Crippen molar-refractivity contribution in [2.75, 3.05) is 11.5 Å². The number of amides is 3. The Labute approximate surface area is 294 Å². The Balaban J connectivity index is 1.08. The molecule has 7 heteroatoms. The number of unbranched alkanes of at least 4 members (excludes halogenated alkanes) is 7. The summed E-state index contributed by atoms with van der Waals surface area (Å²) in [4.78, 5) is 40.0. The number of halogens is 1. The fourth-order valence-electron chi connectivity index (χ4n) is 7.01. The third-order valence-electron chi connectivity index (χ3n) is 9.87. The predicted molar refractivity (Wildman–Crippen MR) is 206 cm³/mol. The van der Waals surface area contributed by atoms with Crippen LogP contribution in [-0.4, -0.2) is 34.8 Å². The molecule has 1 unspecified atom stereocenters. The fraction of sp³-hybridized carbons (Fsp3) is 0.341. The molecule has 0 saturated carbocycles. The average Bonchev–Trinajstić information content (AvgIpc) is 3.39. The third kappa shape index (κ3) is 7.36. The van der Waals surface area contributed by atoms with Crippen molar-refractivity contribution in [2.45, 2.75) is 84.1 Å². The minimum Gasteiger partial charge on any atom is -0.268 e. The molecule has 252 valence electrons. The van der Waals surface area contributed by atoms with Crippen molar-refractivity contribution in [3.63, 3.8) is 0 Å². The summed E-state index contributed by atoms with van der Waals surface area (Å²) in [5.41, 5.74) is 1.13. The van der Waals surface area contributed by atoms with Crippen molar-refractivity contribution >= 4 is 60.1 Å². The van der Waals surface area contributed by atoms with Crippen molar-refractivity contribution < 1.29 is 14.4 Å². The van der Waals surface area contributed by atoms with Gasteiger partial charge in [-0.3, -0.25) is 14.5 Å². The SMILES string of the molecule is CCC(C)N1C(=O)c2cccc(NC(=O)CCCCCCCCCCP(Br)(c3ccccc3)(c3ccccc3)c3ccccc3)c2C1=O. The molecule has 5 nitrogen and oxygen atoms in total. The molecule has 0 spiro atoms. The first-order chi connectivity index (χ1) is 23.3. The predicted octanol–water partition coefficient (Wildman–Crippen LogP) is 9.37. The zero-order valence-corrected chi connectivity index (χ0v) is 30.7. The molecule has 0 aromatic heterocycles. The van der Waals surface area contributed by atoms with Gasteiger partial charge in [0.1, 0.15) is 0 Å². The van der Waals surface area contributed by atoms with Crippen LogP contribution in [0.4, 0.5) is 5.69 Å². The average molecular weight is 728 g/mol. The van der Waals surface area contributed by atoms with E-state index in [1.807, 2.05) is 13.8 Å². The third-order valence-corrected chi connectivity index (χ3v) is 19.9. The van der Waals surface area contributed by atoms with Gasteiger partial charge in [-0.1, -0.05) is 13.0 Å². The maximum atomic E-state index is 13.0. The van der Waals surface area contributed by atoms with Crippen LogP contribution in [-0.2, 0) is 4.79 Å². The van der Waals surface area contributed by atoms with Crippen LogP contribution in [0, 0.1) is 0 Å². The molecule has 0 radical (unpaired) electrons. The van der Waals surface area contributed by atoms with Crippen molar-refractivity contribution in [3.05, 3.63) is 120 Å². The van der Waals surface area contributed by atoms with Gasteiger partial charge in [0.2, 0.25) is 0 Å². The van der Waals surface area contributed by atoms with Crippen LogP contribution in [0.5, 0.6) is 0 Å². The van der Waals surface area contributed by atoms with E-state index in [-0.39, 0.29) is 23.8 Å². The molecular weight excluding hydrogens is 679 g/mol. The van der Waals surface area contributed by atoms with E-state index in [9.17, 15) is 14.4 Å². The van der Waals surface area contributed by atoms with E-state index in [4.69, 9.17) is 0 Å².